The Morgan fingerprint density at radius 2 is 2.07 bits per heavy atom. The average Bonchev–Trinajstić information content (AvgIpc) is 3.70. The number of carbonyl (C=O) groups is 1. The molecule has 5 aromatic rings. The van der Waals surface area contributed by atoms with Crippen LogP contribution < -0.4 is 25.0 Å². The summed E-state index contributed by atoms with van der Waals surface area (Å²) in [5.41, 5.74) is 2.21. The number of ether oxygens (including phenoxy) is 2. The quantitative estimate of drug-likeness (QED) is 0.225. The summed E-state index contributed by atoms with van der Waals surface area (Å²) < 4.78 is 28.9. The second-order valence-corrected chi connectivity index (χ2v) is 10.2. The first kappa shape index (κ1) is 27.8. The third-order valence-electron chi connectivity index (χ3n) is 7.47. The molecule has 1 aliphatic rings. The van der Waals surface area contributed by atoms with Crippen LogP contribution in [0.3, 0.4) is 0 Å². The van der Waals surface area contributed by atoms with E-state index < -0.39 is 5.82 Å². The number of carbonyl (C=O) groups excluding carboxylic acids is 1. The van der Waals surface area contributed by atoms with Crippen LogP contribution in [0.25, 0.3) is 16.7 Å². The fraction of sp³-hybridized carbons (Fsp3) is 0.267. The Bertz CT molecular complexity index is 1830. The molecule has 1 aromatic carbocycles. The normalized spacial score (nSPS) is 14.7. The van der Waals surface area contributed by atoms with Crippen LogP contribution in [-0.4, -0.2) is 62.2 Å². The standard InChI is InChI=1S/C30H30FN9O3/c1-4-26(41)32-10-7-19-8-11-39(15-19)30-24(42-3)14-22-28(38-30)29(35-16-33-22)37-21-5-6-23(18(2)27(21)31)43-20-9-12-40-25(13-20)34-17-36-40/h4-6,9,12-14,16-17,19H,1,7-8,10-11,15H2,2-3H3,(H,32,41)(H,33,35,37)/t19-/m0/s1. The van der Waals surface area contributed by atoms with E-state index in [-0.39, 0.29) is 11.6 Å². The molecule has 1 amide bonds. The van der Waals surface area contributed by atoms with Crippen molar-refractivity contribution in [2.24, 2.45) is 5.92 Å². The van der Waals surface area contributed by atoms with Gasteiger partial charge in [0.25, 0.3) is 0 Å². The fourth-order valence-corrected chi connectivity index (χ4v) is 5.15. The molecule has 0 bridgehead atoms. The topological polar surface area (TPSA) is 132 Å². The Hall–Kier alpha value is -5.33. The molecule has 0 aliphatic carbocycles. The zero-order valence-electron chi connectivity index (χ0n) is 23.7. The van der Waals surface area contributed by atoms with Crippen LogP contribution in [0.5, 0.6) is 17.2 Å². The van der Waals surface area contributed by atoms with Gasteiger partial charge in [-0.15, -0.1) is 0 Å². The number of hydrogen-bond acceptors (Lipinski definition) is 10. The highest BCUT2D eigenvalue weighted by Crippen LogP contribution is 2.37. The number of halogens is 1. The van der Waals surface area contributed by atoms with Crippen LogP contribution in [0.1, 0.15) is 18.4 Å². The highest BCUT2D eigenvalue weighted by molar-refractivity contribution is 5.90. The summed E-state index contributed by atoms with van der Waals surface area (Å²) in [7, 11) is 1.59. The van der Waals surface area contributed by atoms with E-state index in [1.807, 2.05) is 6.07 Å². The molecule has 13 heteroatoms. The summed E-state index contributed by atoms with van der Waals surface area (Å²) in [4.78, 5) is 31.5. The smallest absolute Gasteiger partial charge is 0.243 e. The average molecular weight is 584 g/mol. The zero-order chi connectivity index (χ0) is 29.9. The molecule has 4 aromatic heterocycles. The minimum atomic E-state index is -0.479. The number of pyridine rings is 2. The van der Waals surface area contributed by atoms with Crippen LogP contribution in [0.15, 0.2) is 61.8 Å². The van der Waals surface area contributed by atoms with Gasteiger partial charge in [-0.1, -0.05) is 6.58 Å². The van der Waals surface area contributed by atoms with Crippen LogP contribution in [0, 0.1) is 18.7 Å². The molecule has 6 rings (SSSR count). The van der Waals surface area contributed by atoms with E-state index in [1.54, 1.807) is 49.0 Å². The first-order chi connectivity index (χ1) is 20.9. The fourth-order valence-electron chi connectivity index (χ4n) is 5.15. The van der Waals surface area contributed by atoms with E-state index in [9.17, 15) is 4.79 Å². The number of rotatable bonds is 10. The molecule has 0 radical (unpaired) electrons. The molecule has 43 heavy (non-hydrogen) atoms. The lowest BCUT2D eigenvalue weighted by Gasteiger charge is -2.21. The van der Waals surface area contributed by atoms with Crippen molar-refractivity contribution in [3.8, 4) is 17.2 Å². The van der Waals surface area contributed by atoms with Crippen molar-refractivity contribution in [1.29, 1.82) is 0 Å². The van der Waals surface area contributed by atoms with Gasteiger partial charge in [-0.05, 0) is 50.0 Å². The summed E-state index contributed by atoms with van der Waals surface area (Å²) >= 11 is 0. The number of benzene rings is 1. The lowest BCUT2D eigenvalue weighted by atomic mass is 10.1. The van der Waals surface area contributed by atoms with Crippen molar-refractivity contribution in [3.63, 3.8) is 0 Å². The molecular formula is C30H30FN9O3. The maximum absolute atomic E-state index is 15.6. The predicted molar refractivity (Wildman–Crippen MR) is 160 cm³/mol. The van der Waals surface area contributed by atoms with E-state index in [0.717, 1.165) is 25.9 Å². The minimum absolute atomic E-state index is 0.174. The highest BCUT2D eigenvalue weighted by Gasteiger charge is 2.27. The van der Waals surface area contributed by atoms with Crippen LogP contribution >= 0.6 is 0 Å². The van der Waals surface area contributed by atoms with Gasteiger partial charge in [0.05, 0.1) is 18.3 Å². The molecule has 1 atom stereocenters. The van der Waals surface area contributed by atoms with E-state index >= 15 is 4.39 Å². The number of nitrogens with one attached hydrogen (secondary N) is 2. The SMILES string of the molecule is C=CC(=O)NCC[C@H]1CCN(c2nc3c(Nc4ccc(Oc5ccn6ncnc6c5)c(C)c4F)ncnc3cc2OC)C1. The van der Waals surface area contributed by atoms with Gasteiger partial charge in [-0.2, -0.15) is 5.10 Å². The number of methoxy groups -OCH3 is 1. The summed E-state index contributed by atoms with van der Waals surface area (Å²) in [6.07, 6.45) is 7.64. The van der Waals surface area contributed by atoms with E-state index in [1.165, 1.54) is 18.7 Å². The summed E-state index contributed by atoms with van der Waals surface area (Å²) in [6, 6.07) is 8.57. The van der Waals surface area contributed by atoms with Crippen LogP contribution in [-0.2, 0) is 4.79 Å². The van der Waals surface area contributed by atoms with Gasteiger partial charge in [0.2, 0.25) is 5.91 Å². The first-order valence-corrected chi connectivity index (χ1v) is 13.8. The molecule has 1 saturated heterocycles. The zero-order valence-corrected chi connectivity index (χ0v) is 23.7. The van der Waals surface area contributed by atoms with Crippen LogP contribution in [0.4, 0.5) is 21.7 Å². The molecule has 0 saturated carbocycles. The number of nitrogens with zero attached hydrogens (tertiary/aromatic N) is 7. The summed E-state index contributed by atoms with van der Waals surface area (Å²) in [5, 5.41) is 10.0. The molecule has 0 unspecified atom stereocenters. The second kappa shape index (κ2) is 11.9. The Morgan fingerprint density at radius 3 is 2.91 bits per heavy atom. The number of amides is 1. The number of fused-ring (bicyclic) bond motifs is 2. The Balaban J connectivity index is 1.23. The summed E-state index contributed by atoms with van der Waals surface area (Å²) in [6.45, 7) is 7.26. The van der Waals surface area contributed by atoms with Gasteiger partial charge in [0.15, 0.2) is 28.8 Å². The van der Waals surface area contributed by atoms with Crippen molar-refractivity contribution in [1.82, 2.24) is 34.9 Å². The second-order valence-electron chi connectivity index (χ2n) is 10.2. The molecule has 12 nitrogen and oxygen atoms in total. The molecule has 5 heterocycles. The molecule has 2 N–H and O–H groups in total. The van der Waals surface area contributed by atoms with Crippen molar-refractivity contribution >= 4 is 39.9 Å². The Morgan fingerprint density at radius 1 is 1.19 bits per heavy atom. The molecule has 1 aliphatic heterocycles. The van der Waals surface area contributed by atoms with Crippen LogP contribution in [0.2, 0.25) is 0 Å². The van der Waals surface area contributed by atoms with E-state index in [4.69, 9.17) is 14.5 Å². The van der Waals surface area contributed by atoms with E-state index in [0.29, 0.717) is 63.6 Å². The van der Waals surface area contributed by atoms with E-state index in [2.05, 4.69) is 42.2 Å². The minimum Gasteiger partial charge on any atom is -0.493 e. The monoisotopic (exact) mass is 583 g/mol. The highest BCUT2D eigenvalue weighted by atomic mass is 19.1. The maximum atomic E-state index is 15.6. The largest absolute Gasteiger partial charge is 0.493 e. The van der Waals surface area contributed by atoms with Crippen molar-refractivity contribution in [2.75, 3.05) is 37.0 Å². The van der Waals surface area contributed by atoms with Gasteiger partial charge in [0, 0.05) is 43.5 Å². The van der Waals surface area contributed by atoms with Crippen molar-refractivity contribution in [3.05, 3.63) is 73.2 Å². The molecule has 0 spiro atoms. The number of anilines is 3. The number of hydrogen-bond donors (Lipinski definition) is 2. The van der Waals surface area contributed by atoms with Gasteiger partial charge in [-0.25, -0.2) is 28.8 Å². The molecule has 1 fully saturated rings. The summed E-state index contributed by atoms with van der Waals surface area (Å²) in [5.74, 6) is 2.23. The predicted octanol–water partition coefficient (Wildman–Crippen LogP) is 4.58. The first-order valence-electron chi connectivity index (χ1n) is 13.8. The lowest BCUT2D eigenvalue weighted by Crippen LogP contribution is -2.25. The Kier molecular flexibility index (Phi) is 7.69. The Labute approximate surface area is 246 Å². The number of aromatic nitrogens is 6. The third kappa shape index (κ3) is 5.73. The van der Waals surface area contributed by atoms with Crippen molar-refractivity contribution < 1.29 is 18.7 Å². The lowest BCUT2D eigenvalue weighted by molar-refractivity contribution is -0.116. The van der Waals surface area contributed by atoms with Gasteiger partial charge < -0.3 is 25.0 Å². The van der Waals surface area contributed by atoms with Gasteiger partial charge in [-0.3, -0.25) is 4.79 Å². The third-order valence-corrected chi connectivity index (χ3v) is 7.47. The molecular weight excluding hydrogens is 553 g/mol. The van der Waals surface area contributed by atoms with Gasteiger partial charge in [0.1, 0.15) is 29.7 Å². The van der Waals surface area contributed by atoms with Gasteiger partial charge >= 0.3 is 0 Å². The van der Waals surface area contributed by atoms with Crippen molar-refractivity contribution in [2.45, 2.75) is 19.8 Å². The maximum Gasteiger partial charge on any atom is 0.243 e. The molecule has 220 valence electrons.